The van der Waals surface area contributed by atoms with E-state index < -0.39 is 0 Å². The summed E-state index contributed by atoms with van der Waals surface area (Å²) in [6.07, 6.45) is 0. The van der Waals surface area contributed by atoms with Crippen molar-refractivity contribution in [1.82, 2.24) is 0 Å². The van der Waals surface area contributed by atoms with Gasteiger partial charge in [-0.1, -0.05) is 165 Å². The van der Waals surface area contributed by atoms with Crippen LogP contribution in [0, 0.1) is 0 Å². The lowest BCUT2D eigenvalue weighted by Gasteiger charge is -2.33. The first-order valence-corrected chi connectivity index (χ1v) is 15.5. The number of hydrogen-bond donors (Lipinski definition) is 0. The Morgan fingerprint density at radius 1 is 0.372 bits per heavy atom. The first-order chi connectivity index (χ1) is 21.2. The second kappa shape index (κ2) is 27.5. The smallest absolute Gasteiger partial charge is 0.145 e. The Bertz CT molecular complexity index is 1050. The molecule has 5 rings (SSSR count). The predicted octanol–water partition coefficient (Wildman–Crippen LogP) is 10.6. The average Bonchev–Trinajstić information content (AvgIpc) is 3.42. The van der Waals surface area contributed by atoms with Crippen molar-refractivity contribution in [2.24, 2.45) is 0 Å². The highest BCUT2D eigenvalue weighted by Crippen LogP contribution is 2.55. The summed E-state index contributed by atoms with van der Waals surface area (Å²) in [7, 11) is 6.35. The molecule has 0 fully saturated rings. The van der Waals surface area contributed by atoms with Crippen LogP contribution in [0.5, 0.6) is 0 Å². The molecular formula is C39H58O4. The Hall–Kier alpha value is -3.28. The monoisotopic (exact) mass is 590 g/mol. The third-order valence-electron chi connectivity index (χ3n) is 5.84. The molecule has 0 saturated carbocycles. The minimum absolute atomic E-state index is 0.254. The minimum atomic E-state index is -0.254. The summed E-state index contributed by atoms with van der Waals surface area (Å²) in [5, 5.41) is 0. The van der Waals surface area contributed by atoms with Crippen molar-refractivity contribution in [2.75, 3.05) is 42.0 Å². The van der Waals surface area contributed by atoms with Gasteiger partial charge in [-0.15, -0.1) is 0 Å². The number of ether oxygens (including phenoxy) is 4. The van der Waals surface area contributed by atoms with E-state index in [1.165, 1.54) is 33.4 Å². The number of benzene rings is 4. The highest BCUT2D eigenvalue weighted by Gasteiger charge is 2.45. The highest BCUT2D eigenvalue weighted by atomic mass is 16.7. The number of methoxy groups -OCH3 is 4. The molecule has 43 heavy (non-hydrogen) atoms. The summed E-state index contributed by atoms with van der Waals surface area (Å²) >= 11 is 0. The Morgan fingerprint density at radius 3 is 0.884 bits per heavy atom. The molecule has 238 valence electrons. The molecule has 0 saturated heterocycles. The lowest BCUT2D eigenvalue weighted by atomic mass is 9.68. The van der Waals surface area contributed by atoms with E-state index in [1.54, 1.807) is 28.4 Å². The maximum Gasteiger partial charge on any atom is 0.145 e. The quantitative estimate of drug-likeness (QED) is 0.184. The molecule has 0 unspecified atom stereocenters. The molecule has 1 aliphatic carbocycles. The lowest BCUT2D eigenvalue weighted by molar-refractivity contribution is -0.00282. The Kier molecular flexibility index (Phi) is 26.8. The summed E-state index contributed by atoms with van der Waals surface area (Å²) < 4.78 is 17.9. The summed E-state index contributed by atoms with van der Waals surface area (Å²) in [5.41, 5.74) is 7.80. The fourth-order valence-corrected chi connectivity index (χ4v) is 4.64. The van der Waals surface area contributed by atoms with Crippen molar-refractivity contribution in [3.8, 4) is 11.1 Å². The van der Waals surface area contributed by atoms with Gasteiger partial charge < -0.3 is 18.9 Å². The molecule has 0 aromatic heterocycles. The molecule has 4 nitrogen and oxygen atoms in total. The number of fused-ring (bicyclic) bond motifs is 3. The molecular weight excluding hydrogens is 532 g/mol. The molecule has 0 atom stereocenters. The molecule has 4 aromatic rings. The van der Waals surface area contributed by atoms with Crippen LogP contribution in [0.25, 0.3) is 11.1 Å². The topological polar surface area (TPSA) is 36.9 Å². The van der Waals surface area contributed by atoms with Gasteiger partial charge in [0.2, 0.25) is 0 Å². The van der Waals surface area contributed by atoms with Crippen LogP contribution in [-0.2, 0) is 24.4 Å². The summed E-state index contributed by atoms with van der Waals surface area (Å²) in [6, 6.07) is 39.5. The van der Waals surface area contributed by atoms with Crippen molar-refractivity contribution < 1.29 is 18.9 Å². The Labute approximate surface area is 264 Å². The van der Waals surface area contributed by atoms with Crippen LogP contribution in [0.3, 0.4) is 0 Å². The second-order valence-electron chi connectivity index (χ2n) is 7.96. The maximum absolute atomic E-state index is 4.47. The van der Waals surface area contributed by atoms with Gasteiger partial charge in [0, 0.05) is 28.4 Å². The average molecular weight is 591 g/mol. The molecule has 0 radical (unpaired) electrons. The van der Waals surface area contributed by atoms with Gasteiger partial charge >= 0.3 is 0 Å². The SMILES string of the molecule is CC.CC.CC.CC.COCOC.COCOC.c1ccc(C2(c3ccccc3)c3ccccc3-c3ccccc32)cc1. The van der Waals surface area contributed by atoms with E-state index in [9.17, 15) is 0 Å². The van der Waals surface area contributed by atoms with Gasteiger partial charge in [-0.3, -0.25) is 0 Å². The first-order valence-electron chi connectivity index (χ1n) is 15.5. The van der Waals surface area contributed by atoms with Crippen molar-refractivity contribution in [3.63, 3.8) is 0 Å². The third kappa shape index (κ3) is 11.7. The molecule has 1 aliphatic rings. The maximum atomic E-state index is 4.47. The van der Waals surface area contributed by atoms with Crippen LogP contribution >= 0.6 is 0 Å². The predicted molar refractivity (Wildman–Crippen MR) is 187 cm³/mol. The number of hydrogen-bond acceptors (Lipinski definition) is 4. The fraction of sp³-hybridized carbons (Fsp3) is 0.385. The normalized spacial score (nSPS) is 10.6. The van der Waals surface area contributed by atoms with Crippen LogP contribution in [0.1, 0.15) is 77.6 Å². The van der Waals surface area contributed by atoms with Crippen LogP contribution in [-0.4, -0.2) is 42.0 Å². The van der Waals surface area contributed by atoms with Gasteiger partial charge in [-0.05, 0) is 33.4 Å². The van der Waals surface area contributed by atoms with Gasteiger partial charge in [-0.25, -0.2) is 0 Å². The van der Waals surface area contributed by atoms with Gasteiger partial charge in [-0.2, -0.15) is 0 Å². The van der Waals surface area contributed by atoms with Gasteiger partial charge in [0.25, 0.3) is 0 Å². The van der Waals surface area contributed by atoms with Crippen LogP contribution in [0.2, 0.25) is 0 Å². The molecule has 4 aromatic carbocycles. The molecule has 0 spiro atoms. The first kappa shape index (κ1) is 41.9. The van der Waals surface area contributed by atoms with Gasteiger partial charge in [0.1, 0.15) is 13.6 Å². The Balaban J connectivity index is 0. The number of rotatable bonds is 6. The zero-order valence-electron chi connectivity index (χ0n) is 28.9. The van der Waals surface area contributed by atoms with Crippen molar-refractivity contribution >= 4 is 0 Å². The standard InChI is InChI=1S/C25H18.2C3H8O2.4C2H6/c1-3-11-19(12-4-1)25(20-13-5-2-6-14-20)23-17-9-7-15-21(23)22-16-8-10-18-24(22)25;2*1-4-3-5-2;4*1-2/h1-18H;2*3H2,1-2H3;4*1-2H3. The lowest BCUT2D eigenvalue weighted by Crippen LogP contribution is -2.28. The van der Waals surface area contributed by atoms with E-state index in [-0.39, 0.29) is 5.41 Å². The molecule has 0 bridgehead atoms. The van der Waals surface area contributed by atoms with E-state index in [0.717, 1.165) is 0 Å². The molecule has 0 N–H and O–H groups in total. The summed E-state index contributed by atoms with van der Waals surface area (Å²) in [6.45, 7) is 16.8. The van der Waals surface area contributed by atoms with Crippen molar-refractivity contribution in [1.29, 1.82) is 0 Å². The van der Waals surface area contributed by atoms with Crippen LogP contribution in [0.15, 0.2) is 109 Å². The van der Waals surface area contributed by atoms with Crippen LogP contribution < -0.4 is 0 Å². The zero-order chi connectivity index (χ0) is 32.9. The van der Waals surface area contributed by atoms with Crippen molar-refractivity contribution in [3.05, 3.63) is 131 Å². The van der Waals surface area contributed by atoms with Gasteiger partial charge in [0.05, 0.1) is 5.41 Å². The molecule has 4 heteroatoms. The van der Waals surface area contributed by atoms with E-state index in [1.807, 2.05) is 55.4 Å². The van der Waals surface area contributed by atoms with E-state index in [4.69, 9.17) is 0 Å². The molecule has 0 heterocycles. The summed E-state index contributed by atoms with van der Waals surface area (Å²) in [5.74, 6) is 0. The zero-order valence-corrected chi connectivity index (χ0v) is 28.9. The molecule has 0 amide bonds. The van der Waals surface area contributed by atoms with Crippen molar-refractivity contribution in [2.45, 2.75) is 60.8 Å². The fourth-order valence-electron chi connectivity index (χ4n) is 4.64. The minimum Gasteiger partial charge on any atom is -0.359 e. The molecule has 0 aliphatic heterocycles. The highest BCUT2D eigenvalue weighted by molar-refractivity contribution is 5.86. The van der Waals surface area contributed by atoms with E-state index >= 15 is 0 Å². The van der Waals surface area contributed by atoms with E-state index in [0.29, 0.717) is 13.6 Å². The van der Waals surface area contributed by atoms with E-state index in [2.05, 4.69) is 128 Å². The second-order valence-corrected chi connectivity index (χ2v) is 7.96. The Morgan fingerprint density at radius 2 is 0.628 bits per heavy atom. The van der Waals surface area contributed by atoms with Gasteiger partial charge in [0.15, 0.2) is 0 Å². The van der Waals surface area contributed by atoms with Crippen LogP contribution in [0.4, 0.5) is 0 Å². The third-order valence-corrected chi connectivity index (χ3v) is 5.84. The largest absolute Gasteiger partial charge is 0.359 e. The summed E-state index contributed by atoms with van der Waals surface area (Å²) in [4.78, 5) is 0.